The van der Waals surface area contributed by atoms with Gasteiger partial charge in [0, 0.05) is 29.7 Å². The molecule has 12 nitrogen and oxygen atoms in total. The van der Waals surface area contributed by atoms with Crippen LogP contribution in [0.4, 0.5) is 28.0 Å². The smallest absolute Gasteiger partial charge is 0.424 e. The summed E-state index contributed by atoms with van der Waals surface area (Å²) in [6.07, 6.45) is -6.62. The van der Waals surface area contributed by atoms with Crippen molar-refractivity contribution in [3.05, 3.63) is 71.2 Å². The van der Waals surface area contributed by atoms with Gasteiger partial charge in [-0.05, 0) is 76.2 Å². The van der Waals surface area contributed by atoms with Crippen LogP contribution in [0, 0.1) is 5.82 Å². The molecule has 5 N–H and O–H groups in total. The number of nitrogens with two attached hydrogens (primary N) is 1. The maximum atomic E-state index is 14.9. The van der Waals surface area contributed by atoms with Crippen LogP contribution in [0.3, 0.4) is 0 Å². The number of nitrogens with zero attached hydrogens (tertiary/aromatic N) is 2. The third-order valence-corrected chi connectivity index (χ3v) is 8.19. The van der Waals surface area contributed by atoms with Crippen molar-refractivity contribution in [3.8, 4) is 22.8 Å². The molecule has 50 heavy (non-hydrogen) atoms. The molecule has 3 amide bonds. The van der Waals surface area contributed by atoms with Gasteiger partial charge in [-0.15, -0.1) is 0 Å². The van der Waals surface area contributed by atoms with Gasteiger partial charge in [-0.25, -0.2) is 14.2 Å². The van der Waals surface area contributed by atoms with Crippen LogP contribution in [0.25, 0.3) is 11.3 Å². The Bertz CT molecular complexity index is 1810. The number of rotatable bonds is 8. The fraction of sp³-hybridized carbons (Fsp3) is 0.412. The first-order chi connectivity index (χ1) is 23.2. The maximum Gasteiger partial charge on any atom is 0.424 e. The van der Waals surface area contributed by atoms with Crippen LogP contribution in [-0.4, -0.2) is 72.6 Å². The van der Waals surface area contributed by atoms with Gasteiger partial charge in [-0.3, -0.25) is 14.5 Å². The van der Waals surface area contributed by atoms with Crippen molar-refractivity contribution < 1.29 is 51.3 Å². The molecule has 1 saturated heterocycles. The molecule has 0 aliphatic carbocycles. The van der Waals surface area contributed by atoms with Crippen LogP contribution in [-0.2, 0) is 20.7 Å². The van der Waals surface area contributed by atoms with Gasteiger partial charge in [-0.2, -0.15) is 13.2 Å². The van der Waals surface area contributed by atoms with E-state index in [2.05, 4.69) is 15.6 Å². The number of hydrogen-bond acceptors (Lipinski definition) is 9. The molecule has 0 saturated carbocycles. The number of alkyl halides is 3. The third kappa shape index (κ3) is 7.16. The Morgan fingerprint density at radius 1 is 1.12 bits per heavy atom. The minimum absolute atomic E-state index is 0.0256. The molecular formula is C34H37F4N5O7. The molecule has 16 heteroatoms. The van der Waals surface area contributed by atoms with E-state index in [1.54, 1.807) is 20.8 Å². The number of methoxy groups -OCH3 is 1. The number of benzene rings is 2. The summed E-state index contributed by atoms with van der Waals surface area (Å²) in [6.45, 7) is 5.22. The molecule has 268 valence electrons. The highest BCUT2D eigenvalue weighted by Crippen LogP contribution is 2.47. The fourth-order valence-corrected chi connectivity index (χ4v) is 5.62. The number of ether oxygens (including phenoxy) is 3. The second kappa shape index (κ2) is 13.1. The predicted molar refractivity (Wildman–Crippen MR) is 172 cm³/mol. The number of halogens is 4. The standard InChI is InChI=1S/C34H37F4N5O7/c1-31(2,3)50-30(46)43-17-32(4,39)21-15-25(42-26(27(21)43)18-6-9-20(35)10-7-18)33(47,34(36,37)38)16-41-28(44)19-8-11-22(24(14-19)48-5)49-23-12-13-40-29(23)45/h6-11,14-15,23,47H,12-13,16-17,39H2,1-5H3,(H,40,45)(H,41,44)/t23-,32+,33+/m0/s1. The molecule has 2 aromatic carbocycles. The number of carbonyl (C=O) groups is 3. The summed E-state index contributed by atoms with van der Waals surface area (Å²) in [6, 6.07) is 9.41. The Hall–Kier alpha value is -4.96. The number of nitrogens with one attached hydrogen (secondary N) is 2. The molecule has 1 aromatic heterocycles. The van der Waals surface area contributed by atoms with Crippen LogP contribution < -0.4 is 30.7 Å². The van der Waals surface area contributed by atoms with Gasteiger partial charge in [0.1, 0.15) is 11.4 Å². The predicted octanol–water partition coefficient (Wildman–Crippen LogP) is 4.27. The van der Waals surface area contributed by atoms with Gasteiger partial charge < -0.3 is 35.7 Å². The second-order valence-corrected chi connectivity index (χ2v) is 13.3. The van der Waals surface area contributed by atoms with Crippen LogP contribution >= 0.6 is 0 Å². The normalized spacial score (nSPS) is 20.1. The Balaban J connectivity index is 1.53. The maximum absolute atomic E-state index is 14.9. The minimum atomic E-state index is -5.40. The molecule has 3 heterocycles. The highest BCUT2D eigenvalue weighted by atomic mass is 19.4. The Labute approximate surface area is 284 Å². The van der Waals surface area contributed by atoms with E-state index in [9.17, 15) is 37.1 Å². The lowest BCUT2D eigenvalue weighted by Gasteiger charge is -2.32. The molecule has 2 aliphatic heterocycles. The first-order valence-electron chi connectivity index (χ1n) is 15.5. The highest BCUT2D eigenvalue weighted by Gasteiger charge is 2.57. The van der Waals surface area contributed by atoms with Crippen LogP contribution in [0.5, 0.6) is 11.5 Å². The molecule has 2 aliphatic rings. The summed E-state index contributed by atoms with van der Waals surface area (Å²) in [5.41, 5.74) is -0.702. The number of amides is 3. The monoisotopic (exact) mass is 703 g/mol. The van der Waals surface area contributed by atoms with E-state index in [-0.39, 0.29) is 52.0 Å². The second-order valence-electron chi connectivity index (χ2n) is 13.3. The Kier molecular flexibility index (Phi) is 9.49. The van der Waals surface area contributed by atoms with E-state index in [1.165, 1.54) is 44.4 Å². The molecule has 0 bridgehead atoms. The van der Waals surface area contributed by atoms with E-state index in [1.807, 2.05) is 0 Å². The molecule has 0 radical (unpaired) electrons. The molecular weight excluding hydrogens is 666 g/mol. The third-order valence-electron chi connectivity index (χ3n) is 8.19. The van der Waals surface area contributed by atoms with Crippen LogP contribution in [0.2, 0.25) is 0 Å². The average Bonchev–Trinajstić information content (AvgIpc) is 3.57. The van der Waals surface area contributed by atoms with Crippen LogP contribution in [0.1, 0.15) is 55.7 Å². The zero-order chi connectivity index (χ0) is 36.8. The van der Waals surface area contributed by atoms with E-state index < -0.39 is 59.1 Å². The largest absolute Gasteiger partial charge is 0.493 e. The van der Waals surface area contributed by atoms with Crippen molar-refractivity contribution >= 4 is 23.6 Å². The summed E-state index contributed by atoms with van der Waals surface area (Å²) in [5.74, 6) is -1.78. The average molecular weight is 704 g/mol. The topological polar surface area (TPSA) is 165 Å². The highest BCUT2D eigenvalue weighted by molar-refractivity contribution is 5.97. The molecule has 1 fully saturated rings. The lowest BCUT2D eigenvalue weighted by molar-refractivity contribution is -0.265. The van der Waals surface area contributed by atoms with Gasteiger partial charge >= 0.3 is 12.3 Å². The molecule has 5 rings (SSSR count). The first kappa shape index (κ1) is 36.3. The number of anilines is 1. The molecule has 3 aromatic rings. The van der Waals surface area contributed by atoms with E-state index >= 15 is 0 Å². The first-order valence-corrected chi connectivity index (χ1v) is 15.5. The summed E-state index contributed by atoms with van der Waals surface area (Å²) in [4.78, 5) is 43.8. The summed E-state index contributed by atoms with van der Waals surface area (Å²) in [7, 11) is 1.29. The van der Waals surface area contributed by atoms with E-state index in [0.717, 1.165) is 23.1 Å². The van der Waals surface area contributed by atoms with Crippen molar-refractivity contribution in [2.75, 3.05) is 31.6 Å². The van der Waals surface area contributed by atoms with Gasteiger partial charge in [0.2, 0.25) is 5.60 Å². The zero-order valence-corrected chi connectivity index (χ0v) is 27.9. The molecule has 0 spiro atoms. The summed E-state index contributed by atoms with van der Waals surface area (Å²) < 4.78 is 75.1. The van der Waals surface area contributed by atoms with Crippen molar-refractivity contribution in [1.82, 2.24) is 15.6 Å². The summed E-state index contributed by atoms with van der Waals surface area (Å²) >= 11 is 0. The minimum Gasteiger partial charge on any atom is -0.493 e. The van der Waals surface area contributed by atoms with Gasteiger partial charge in [0.05, 0.1) is 42.8 Å². The van der Waals surface area contributed by atoms with Gasteiger partial charge in [0.25, 0.3) is 11.8 Å². The summed E-state index contributed by atoms with van der Waals surface area (Å²) in [5, 5.41) is 16.2. The van der Waals surface area contributed by atoms with Gasteiger partial charge in [0.15, 0.2) is 17.6 Å². The number of hydrogen-bond donors (Lipinski definition) is 4. The Morgan fingerprint density at radius 2 is 1.80 bits per heavy atom. The van der Waals surface area contributed by atoms with Crippen LogP contribution in [0.15, 0.2) is 48.5 Å². The Morgan fingerprint density at radius 3 is 2.38 bits per heavy atom. The number of fused-ring (bicyclic) bond motifs is 1. The van der Waals surface area contributed by atoms with E-state index in [4.69, 9.17) is 19.9 Å². The lowest BCUT2D eigenvalue weighted by Crippen LogP contribution is -2.51. The number of carbonyl (C=O) groups excluding carboxylic acids is 3. The fourth-order valence-electron chi connectivity index (χ4n) is 5.62. The van der Waals surface area contributed by atoms with Crippen molar-refractivity contribution in [3.63, 3.8) is 0 Å². The number of aromatic nitrogens is 1. The number of aliphatic hydroxyl groups is 1. The zero-order valence-electron chi connectivity index (χ0n) is 27.9. The number of pyridine rings is 1. The van der Waals surface area contributed by atoms with E-state index in [0.29, 0.717) is 13.0 Å². The quantitative estimate of drug-likeness (QED) is 0.251. The van der Waals surface area contributed by atoms with Crippen molar-refractivity contribution in [2.45, 2.75) is 63.1 Å². The molecule has 3 atom stereocenters. The van der Waals surface area contributed by atoms with Crippen molar-refractivity contribution in [1.29, 1.82) is 0 Å². The van der Waals surface area contributed by atoms with Crippen molar-refractivity contribution in [2.24, 2.45) is 5.73 Å². The SMILES string of the molecule is COc1cc(C(=O)NC[C@@](O)(c2cc3c(c(-c4ccc(F)cc4)n2)N(C(=O)OC(C)(C)C)C[C@@]3(C)N)C(F)(F)F)ccc1O[C@H]1CCNC1=O. The molecule has 0 unspecified atom stereocenters. The van der Waals surface area contributed by atoms with Gasteiger partial charge in [-0.1, -0.05) is 0 Å². The lowest BCUT2D eigenvalue weighted by atomic mass is 9.89.